The molecular weight excluding hydrogens is 328 g/mol. The molecule has 4 heterocycles. The lowest BCUT2D eigenvalue weighted by molar-refractivity contribution is 0.154. The van der Waals surface area contributed by atoms with Crippen LogP contribution in [0.5, 0.6) is 0 Å². The van der Waals surface area contributed by atoms with Crippen molar-refractivity contribution in [2.45, 2.75) is 6.42 Å². The highest BCUT2D eigenvalue weighted by Gasteiger charge is 2.13. The Bertz CT molecular complexity index is 853. The predicted molar refractivity (Wildman–Crippen MR) is 101 cm³/mol. The van der Waals surface area contributed by atoms with Crippen molar-refractivity contribution < 1.29 is 0 Å². The molecule has 26 heavy (non-hydrogen) atoms. The van der Waals surface area contributed by atoms with Crippen molar-refractivity contribution in [2.75, 3.05) is 51.6 Å². The van der Waals surface area contributed by atoms with Crippen LogP contribution in [0.1, 0.15) is 6.42 Å². The minimum atomic E-state index is 0.657. The van der Waals surface area contributed by atoms with Crippen LogP contribution in [-0.4, -0.2) is 80.9 Å². The Morgan fingerprint density at radius 3 is 2.85 bits per heavy atom. The van der Waals surface area contributed by atoms with Crippen LogP contribution in [0.3, 0.4) is 0 Å². The first kappa shape index (κ1) is 16.9. The molecule has 4 rings (SSSR count). The number of nitrogens with one attached hydrogen (secondary N) is 1. The van der Waals surface area contributed by atoms with Crippen LogP contribution in [0.25, 0.3) is 16.8 Å². The van der Waals surface area contributed by atoms with Crippen LogP contribution < -0.4 is 5.32 Å². The maximum Gasteiger partial charge on any atom is 0.223 e. The standard InChI is InChI=1S/C18H24N8/c1-24-10-12-25(13-11-24)9-3-6-19-18-20-8-5-16(23-18)15-14-22-26-17(15)4-2-7-21-26/h2,4-5,7-8,14H,3,6,9-13H2,1H3,(H,19,20,23). The van der Waals surface area contributed by atoms with Crippen LogP contribution in [-0.2, 0) is 0 Å². The molecule has 8 nitrogen and oxygen atoms in total. The highest BCUT2D eigenvalue weighted by atomic mass is 15.4. The maximum absolute atomic E-state index is 4.64. The Morgan fingerprint density at radius 2 is 1.96 bits per heavy atom. The quantitative estimate of drug-likeness (QED) is 0.669. The topological polar surface area (TPSA) is 74.5 Å². The second kappa shape index (κ2) is 7.76. The number of anilines is 1. The van der Waals surface area contributed by atoms with Gasteiger partial charge in [-0.15, -0.1) is 0 Å². The number of hydrogen-bond acceptors (Lipinski definition) is 7. The molecule has 0 radical (unpaired) electrons. The van der Waals surface area contributed by atoms with E-state index in [1.807, 2.05) is 18.2 Å². The van der Waals surface area contributed by atoms with Crippen molar-refractivity contribution in [2.24, 2.45) is 0 Å². The highest BCUT2D eigenvalue weighted by molar-refractivity contribution is 5.77. The second-order valence-electron chi connectivity index (χ2n) is 6.65. The Balaban J connectivity index is 1.34. The summed E-state index contributed by atoms with van der Waals surface area (Å²) in [7, 11) is 2.18. The number of hydrogen-bond donors (Lipinski definition) is 1. The van der Waals surface area contributed by atoms with E-state index in [1.165, 1.54) is 0 Å². The smallest absolute Gasteiger partial charge is 0.223 e. The minimum absolute atomic E-state index is 0.657. The minimum Gasteiger partial charge on any atom is -0.354 e. The van der Waals surface area contributed by atoms with Gasteiger partial charge in [0.1, 0.15) is 0 Å². The molecule has 0 spiro atoms. The first-order chi connectivity index (χ1) is 12.8. The summed E-state index contributed by atoms with van der Waals surface area (Å²) in [5.41, 5.74) is 2.75. The molecule has 3 aromatic heterocycles. The molecule has 1 aliphatic rings. The third-order valence-electron chi connectivity index (χ3n) is 4.77. The van der Waals surface area contributed by atoms with Crippen molar-refractivity contribution >= 4 is 11.5 Å². The maximum atomic E-state index is 4.64. The van der Waals surface area contributed by atoms with Crippen molar-refractivity contribution in [3.63, 3.8) is 0 Å². The molecule has 136 valence electrons. The molecule has 0 amide bonds. The second-order valence-corrected chi connectivity index (χ2v) is 6.65. The van der Waals surface area contributed by atoms with E-state index in [2.05, 4.69) is 42.3 Å². The molecule has 8 heteroatoms. The van der Waals surface area contributed by atoms with Gasteiger partial charge in [0.05, 0.1) is 17.4 Å². The van der Waals surface area contributed by atoms with Crippen molar-refractivity contribution in [3.05, 3.63) is 36.8 Å². The van der Waals surface area contributed by atoms with E-state index in [0.717, 1.165) is 62.5 Å². The SMILES string of the molecule is CN1CCN(CCCNc2nccc(-c3cnn4ncccc34)n2)CC1. The average molecular weight is 352 g/mol. The van der Waals surface area contributed by atoms with E-state index in [4.69, 9.17) is 0 Å². The Morgan fingerprint density at radius 1 is 1.08 bits per heavy atom. The molecule has 1 saturated heterocycles. The van der Waals surface area contributed by atoms with Crippen molar-refractivity contribution in [1.82, 2.24) is 34.6 Å². The highest BCUT2D eigenvalue weighted by Crippen LogP contribution is 2.22. The number of rotatable bonds is 6. The lowest BCUT2D eigenvalue weighted by atomic mass is 10.2. The number of aromatic nitrogens is 5. The summed E-state index contributed by atoms with van der Waals surface area (Å²) >= 11 is 0. The lowest BCUT2D eigenvalue weighted by Gasteiger charge is -2.32. The summed E-state index contributed by atoms with van der Waals surface area (Å²) in [6, 6.07) is 5.79. The molecule has 1 N–H and O–H groups in total. The summed E-state index contributed by atoms with van der Waals surface area (Å²) in [6.45, 7) is 6.61. The lowest BCUT2D eigenvalue weighted by Crippen LogP contribution is -2.44. The number of nitrogens with zero attached hydrogens (tertiary/aromatic N) is 7. The van der Waals surface area contributed by atoms with E-state index in [-0.39, 0.29) is 0 Å². The fourth-order valence-corrected chi connectivity index (χ4v) is 3.20. The van der Waals surface area contributed by atoms with Gasteiger partial charge in [-0.3, -0.25) is 0 Å². The van der Waals surface area contributed by atoms with E-state index in [9.17, 15) is 0 Å². The molecule has 0 aromatic carbocycles. The molecule has 1 fully saturated rings. The van der Waals surface area contributed by atoms with Crippen LogP contribution in [0.2, 0.25) is 0 Å². The Hall–Kier alpha value is -2.58. The fourth-order valence-electron chi connectivity index (χ4n) is 3.20. The fraction of sp³-hybridized carbons (Fsp3) is 0.444. The monoisotopic (exact) mass is 352 g/mol. The van der Waals surface area contributed by atoms with Crippen molar-refractivity contribution in [3.8, 4) is 11.3 Å². The van der Waals surface area contributed by atoms with Gasteiger partial charge in [-0.25, -0.2) is 9.97 Å². The van der Waals surface area contributed by atoms with E-state index >= 15 is 0 Å². The van der Waals surface area contributed by atoms with Gasteiger partial charge < -0.3 is 15.1 Å². The van der Waals surface area contributed by atoms with Gasteiger partial charge in [0, 0.05) is 50.7 Å². The Labute approximate surface area is 152 Å². The van der Waals surface area contributed by atoms with Crippen LogP contribution in [0.4, 0.5) is 5.95 Å². The largest absolute Gasteiger partial charge is 0.354 e. The zero-order chi connectivity index (χ0) is 17.8. The molecule has 0 saturated carbocycles. The van der Waals surface area contributed by atoms with E-state index in [0.29, 0.717) is 5.95 Å². The van der Waals surface area contributed by atoms with Crippen LogP contribution in [0, 0.1) is 0 Å². The first-order valence-electron chi connectivity index (χ1n) is 9.07. The van der Waals surface area contributed by atoms with E-state index < -0.39 is 0 Å². The van der Waals surface area contributed by atoms with Gasteiger partial charge >= 0.3 is 0 Å². The van der Waals surface area contributed by atoms with Gasteiger partial charge in [0.2, 0.25) is 5.95 Å². The normalized spacial score (nSPS) is 16.2. The van der Waals surface area contributed by atoms with Gasteiger partial charge in [-0.2, -0.15) is 14.8 Å². The zero-order valence-corrected chi connectivity index (χ0v) is 15.0. The van der Waals surface area contributed by atoms with Crippen LogP contribution in [0.15, 0.2) is 36.8 Å². The number of piperazine rings is 1. The molecular formula is C18H24N8. The summed E-state index contributed by atoms with van der Waals surface area (Å²) < 4.78 is 1.61. The summed E-state index contributed by atoms with van der Waals surface area (Å²) in [4.78, 5) is 13.9. The zero-order valence-electron chi connectivity index (χ0n) is 15.0. The molecule has 3 aromatic rings. The average Bonchev–Trinajstić information content (AvgIpc) is 3.11. The first-order valence-corrected chi connectivity index (χ1v) is 9.07. The van der Waals surface area contributed by atoms with Gasteiger partial charge in [-0.1, -0.05) is 0 Å². The van der Waals surface area contributed by atoms with E-state index in [1.54, 1.807) is 23.2 Å². The summed E-state index contributed by atoms with van der Waals surface area (Å²) in [6.07, 6.45) is 6.38. The van der Waals surface area contributed by atoms with Gasteiger partial charge in [-0.05, 0) is 38.2 Å². The van der Waals surface area contributed by atoms with Crippen LogP contribution >= 0.6 is 0 Å². The molecule has 1 aliphatic heterocycles. The Kier molecular flexibility index (Phi) is 5.03. The molecule has 0 unspecified atom stereocenters. The van der Waals surface area contributed by atoms with Gasteiger partial charge in [0.15, 0.2) is 0 Å². The summed E-state index contributed by atoms with van der Waals surface area (Å²) in [5, 5.41) is 11.8. The van der Waals surface area contributed by atoms with Crippen molar-refractivity contribution in [1.29, 1.82) is 0 Å². The molecule has 0 bridgehead atoms. The molecule has 0 aliphatic carbocycles. The number of fused-ring (bicyclic) bond motifs is 1. The third kappa shape index (κ3) is 3.81. The third-order valence-corrected chi connectivity index (χ3v) is 4.77. The number of likely N-dealkylation sites (N-methyl/N-ethyl adjacent to an activating group) is 1. The van der Waals surface area contributed by atoms with Gasteiger partial charge in [0.25, 0.3) is 0 Å². The summed E-state index contributed by atoms with van der Waals surface area (Å²) in [5.74, 6) is 0.657. The predicted octanol–water partition coefficient (Wildman–Crippen LogP) is 1.24. The molecule has 0 atom stereocenters.